The molecule has 0 saturated heterocycles. The predicted octanol–water partition coefficient (Wildman–Crippen LogP) is 1.09. The monoisotopic (exact) mass is 375 g/mol. The second-order valence-corrected chi connectivity index (χ2v) is 6.71. The molecular weight excluding hydrogens is 358 g/mol. The third-order valence-corrected chi connectivity index (χ3v) is 5.13. The van der Waals surface area contributed by atoms with Crippen LogP contribution in [0.3, 0.4) is 0 Å². The Labute approximate surface area is 152 Å². The van der Waals surface area contributed by atoms with Gasteiger partial charge in [-0.05, 0) is 13.8 Å². The van der Waals surface area contributed by atoms with Gasteiger partial charge in [0.25, 0.3) is 5.56 Å². The molecule has 0 fully saturated rings. The number of rotatable bonds is 4. The van der Waals surface area contributed by atoms with Crippen molar-refractivity contribution in [3.05, 3.63) is 44.4 Å². The molecule has 26 heavy (non-hydrogen) atoms. The fourth-order valence-electron chi connectivity index (χ4n) is 2.60. The van der Waals surface area contributed by atoms with Crippen molar-refractivity contribution < 1.29 is 14.3 Å². The topological polar surface area (TPSA) is 110 Å². The van der Waals surface area contributed by atoms with Gasteiger partial charge in [-0.15, -0.1) is 0 Å². The van der Waals surface area contributed by atoms with Gasteiger partial charge in [0, 0.05) is 30.1 Å². The summed E-state index contributed by atoms with van der Waals surface area (Å²) >= 11 is 1.08. The molecule has 10 heteroatoms. The lowest BCUT2D eigenvalue weighted by Crippen LogP contribution is -2.28. The van der Waals surface area contributed by atoms with Gasteiger partial charge >= 0.3 is 5.97 Å². The Morgan fingerprint density at radius 1 is 1.38 bits per heavy atom. The number of carbonyl (C=O) groups is 2. The van der Waals surface area contributed by atoms with E-state index in [9.17, 15) is 14.4 Å². The number of esters is 1. The van der Waals surface area contributed by atoms with Crippen molar-refractivity contribution in [2.24, 2.45) is 0 Å². The van der Waals surface area contributed by atoms with Crippen LogP contribution in [0, 0.1) is 13.8 Å². The summed E-state index contributed by atoms with van der Waals surface area (Å²) in [4.78, 5) is 45.9. The first-order valence-corrected chi connectivity index (χ1v) is 8.52. The van der Waals surface area contributed by atoms with E-state index in [1.54, 1.807) is 18.5 Å². The lowest BCUT2D eigenvalue weighted by molar-refractivity contribution is -0.117. The zero-order valence-electron chi connectivity index (χ0n) is 14.7. The largest absolute Gasteiger partial charge is 0.465 e. The fourth-order valence-corrected chi connectivity index (χ4v) is 3.42. The Kier molecular flexibility index (Phi) is 4.60. The van der Waals surface area contributed by atoms with Crippen molar-refractivity contribution in [2.75, 3.05) is 19.1 Å². The molecule has 0 atom stereocenters. The molecule has 0 aliphatic heterocycles. The molecule has 1 N–H and O–H groups in total. The lowest BCUT2D eigenvalue weighted by atomic mass is 10.1. The van der Waals surface area contributed by atoms with Gasteiger partial charge in [0.2, 0.25) is 5.91 Å². The summed E-state index contributed by atoms with van der Waals surface area (Å²) in [5, 5.41) is 3.06. The lowest BCUT2D eigenvalue weighted by Gasteiger charge is -2.16. The van der Waals surface area contributed by atoms with Crippen molar-refractivity contribution >= 4 is 34.0 Å². The molecule has 0 spiro atoms. The van der Waals surface area contributed by atoms with E-state index in [0.717, 1.165) is 22.6 Å². The molecule has 0 aliphatic rings. The summed E-state index contributed by atoms with van der Waals surface area (Å²) in [6.45, 7) is 3.62. The van der Waals surface area contributed by atoms with Crippen LogP contribution in [0.2, 0.25) is 0 Å². The highest BCUT2D eigenvalue weighted by molar-refractivity contribution is 7.17. The number of ether oxygens (including phenoxy) is 1. The Bertz CT molecular complexity index is 1060. The normalized spacial score (nSPS) is 10.9. The van der Waals surface area contributed by atoms with E-state index in [0.29, 0.717) is 21.3 Å². The second kappa shape index (κ2) is 6.71. The van der Waals surface area contributed by atoms with Crippen LogP contribution in [0.15, 0.2) is 17.1 Å². The quantitative estimate of drug-likeness (QED) is 0.684. The number of carbonyl (C=O) groups excluding carboxylic acids is 2. The van der Waals surface area contributed by atoms with Crippen LogP contribution in [-0.2, 0) is 16.0 Å². The van der Waals surface area contributed by atoms with E-state index < -0.39 is 5.97 Å². The van der Waals surface area contributed by atoms with Crippen LogP contribution < -0.4 is 10.5 Å². The van der Waals surface area contributed by atoms with Gasteiger partial charge in [0.1, 0.15) is 4.88 Å². The molecule has 3 aromatic heterocycles. The number of fused-ring (bicyclic) bond motifs is 1. The predicted molar refractivity (Wildman–Crippen MR) is 95.9 cm³/mol. The van der Waals surface area contributed by atoms with Crippen LogP contribution in [0.25, 0.3) is 5.65 Å². The molecule has 0 bridgehead atoms. The number of nitrogens with zero attached hydrogens (tertiary/aromatic N) is 4. The molecule has 0 aliphatic carbocycles. The first-order chi connectivity index (χ1) is 12.3. The molecule has 3 heterocycles. The molecule has 1 amide bonds. The minimum Gasteiger partial charge on any atom is -0.465 e. The van der Waals surface area contributed by atoms with Crippen LogP contribution in [0.4, 0.5) is 5.13 Å². The number of amides is 1. The number of aromatic amines is 1. The smallest absolute Gasteiger partial charge is 0.349 e. The summed E-state index contributed by atoms with van der Waals surface area (Å²) < 4.78 is 6.21. The fraction of sp³-hybridized carbons (Fsp3) is 0.312. The minimum absolute atomic E-state index is 0.0878. The highest BCUT2D eigenvalue weighted by Gasteiger charge is 2.20. The number of likely N-dealkylation sites (N-methyl/N-ethyl adjacent to an activating group) is 1. The van der Waals surface area contributed by atoms with Crippen LogP contribution >= 0.6 is 11.3 Å². The standard InChI is InChI=1S/C16H17N5O4S/c1-8-10(9(2)21-12(18-8)6-13(22)19-21)5-14(23)20(3)16-17-7-11(26-16)15(24)25-4/h6-7H,5H2,1-4H3,(H,19,22). The van der Waals surface area contributed by atoms with E-state index in [1.165, 1.54) is 24.3 Å². The zero-order valence-corrected chi connectivity index (χ0v) is 15.5. The number of anilines is 1. The number of hydrogen-bond acceptors (Lipinski definition) is 7. The Balaban J connectivity index is 1.87. The Hall–Kier alpha value is -3.01. The van der Waals surface area contributed by atoms with Gasteiger partial charge in [-0.1, -0.05) is 11.3 Å². The van der Waals surface area contributed by atoms with Crippen molar-refractivity contribution in [1.82, 2.24) is 19.6 Å². The highest BCUT2D eigenvalue weighted by atomic mass is 32.1. The maximum atomic E-state index is 12.7. The maximum absolute atomic E-state index is 12.7. The molecule has 0 unspecified atom stereocenters. The number of H-pyrrole nitrogens is 1. The van der Waals surface area contributed by atoms with Gasteiger partial charge in [-0.2, -0.15) is 0 Å². The second-order valence-electron chi connectivity index (χ2n) is 5.70. The average molecular weight is 375 g/mol. The van der Waals surface area contributed by atoms with E-state index in [2.05, 4.69) is 19.8 Å². The van der Waals surface area contributed by atoms with Gasteiger partial charge in [0.15, 0.2) is 10.8 Å². The molecule has 3 aromatic rings. The van der Waals surface area contributed by atoms with Crippen molar-refractivity contribution in [3.63, 3.8) is 0 Å². The van der Waals surface area contributed by atoms with Crippen molar-refractivity contribution in [3.8, 4) is 0 Å². The summed E-state index contributed by atoms with van der Waals surface area (Å²) in [6.07, 6.45) is 1.47. The molecule has 9 nitrogen and oxygen atoms in total. The van der Waals surface area contributed by atoms with Crippen LogP contribution in [0.1, 0.15) is 26.6 Å². The number of methoxy groups -OCH3 is 1. The summed E-state index contributed by atoms with van der Waals surface area (Å²) in [5.41, 5.74) is 2.41. The van der Waals surface area contributed by atoms with Gasteiger partial charge in [0.05, 0.1) is 19.7 Å². The van der Waals surface area contributed by atoms with Gasteiger partial charge < -0.3 is 4.74 Å². The van der Waals surface area contributed by atoms with Crippen LogP contribution in [0.5, 0.6) is 0 Å². The third kappa shape index (κ3) is 3.10. The van der Waals surface area contributed by atoms with E-state index >= 15 is 0 Å². The number of hydrogen-bond donors (Lipinski definition) is 1. The van der Waals surface area contributed by atoms with Crippen molar-refractivity contribution in [2.45, 2.75) is 20.3 Å². The molecule has 136 valence electrons. The Morgan fingerprint density at radius 3 is 2.81 bits per heavy atom. The number of thiazole rings is 1. The van der Waals surface area contributed by atoms with Gasteiger partial charge in [-0.25, -0.2) is 19.3 Å². The number of nitrogens with one attached hydrogen (secondary N) is 1. The van der Waals surface area contributed by atoms with E-state index in [1.807, 2.05) is 6.92 Å². The van der Waals surface area contributed by atoms with E-state index in [4.69, 9.17) is 0 Å². The highest BCUT2D eigenvalue weighted by Crippen LogP contribution is 2.23. The molecular formula is C16H17N5O4S. The maximum Gasteiger partial charge on any atom is 0.349 e. The number of aromatic nitrogens is 4. The molecule has 0 saturated carbocycles. The summed E-state index contributed by atoms with van der Waals surface area (Å²) in [5.74, 6) is -0.704. The first kappa shape index (κ1) is 17.8. The molecule has 0 aromatic carbocycles. The zero-order chi connectivity index (χ0) is 19.0. The number of aryl methyl sites for hydroxylation is 2. The van der Waals surface area contributed by atoms with Crippen molar-refractivity contribution in [1.29, 1.82) is 0 Å². The Morgan fingerprint density at radius 2 is 2.12 bits per heavy atom. The van der Waals surface area contributed by atoms with E-state index in [-0.39, 0.29) is 17.9 Å². The van der Waals surface area contributed by atoms with Gasteiger partial charge in [-0.3, -0.25) is 19.6 Å². The minimum atomic E-state index is -0.493. The molecule has 0 radical (unpaired) electrons. The average Bonchev–Trinajstić information content (AvgIpc) is 3.23. The third-order valence-electron chi connectivity index (χ3n) is 4.07. The SMILES string of the molecule is COC(=O)c1cnc(N(C)C(=O)Cc2c(C)nc3cc(=O)[nH]n3c2C)s1. The van der Waals surface area contributed by atoms with Crippen LogP contribution in [-0.4, -0.2) is 45.6 Å². The molecule has 3 rings (SSSR count). The summed E-state index contributed by atoms with van der Waals surface area (Å²) in [6, 6.07) is 1.40. The summed E-state index contributed by atoms with van der Waals surface area (Å²) in [7, 11) is 2.88. The first-order valence-electron chi connectivity index (χ1n) is 7.70.